The molecule has 0 fully saturated rings. The molecule has 0 saturated carbocycles. The van der Waals surface area contributed by atoms with Crippen molar-refractivity contribution in [2.24, 2.45) is 5.92 Å². The van der Waals surface area contributed by atoms with Crippen molar-refractivity contribution in [2.45, 2.75) is 393 Å². The summed E-state index contributed by atoms with van der Waals surface area (Å²) >= 11 is 0. The molecule has 0 aliphatic rings. The Hall–Kier alpha value is -1.94. The number of hydrogen-bond acceptors (Lipinski definition) is 15. The van der Waals surface area contributed by atoms with E-state index in [0.29, 0.717) is 25.7 Å². The van der Waals surface area contributed by atoms with Gasteiger partial charge in [0.1, 0.15) is 19.3 Å². The number of ether oxygens (including phenoxy) is 4. The number of phosphoric acid groups is 2. The Morgan fingerprint density at radius 3 is 0.747 bits per heavy atom. The van der Waals surface area contributed by atoms with Gasteiger partial charge in [0, 0.05) is 25.7 Å². The maximum Gasteiger partial charge on any atom is 0.472 e. The average molecular weight is 1340 g/mol. The first kappa shape index (κ1) is 89.1. The number of hydrogen-bond donors (Lipinski definition) is 3. The van der Waals surface area contributed by atoms with Gasteiger partial charge in [-0.25, -0.2) is 9.13 Å². The first-order chi connectivity index (χ1) is 44.0. The minimum absolute atomic E-state index is 0.107. The molecule has 17 nitrogen and oxygen atoms in total. The van der Waals surface area contributed by atoms with Crippen molar-refractivity contribution in [3.8, 4) is 0 Å². The first-order valence-electron chi connectivity index (χ1n) is 37.6. The lowest BCUT2D eigenvalue weighted by Crippen LogP contribution is -2.30. The van der Waals surface area contributed by atoms with Gasteiger partial charge in [-0.1, -0.05) is 324 Å². The van der Waals surface area contributed by atoms with Crippen LogP contribution in [-0.4, -0.2) is 96.7 Å². The van der Waals surface area contributed by atoms with E-state index in [1.165, 1.54) is 199 Å². The second-order valence-electron chi connectivity index (χ2n) is 26.5. The van der Waals surface area contributed by atoms with E-state index in [1.807, 2.05) is 0 Å². The number of rotatable bonds is 72. The molecule has 0 aromatic rings. The summed E-state index contributed by atoms with van der Waals surface area (Å²) in [7, 11) is -9.90. The summed E-state index contributed by atoms with van der Waals surface area (Å²) in [5.74, 6) is -1.32. The van der Waals surface area contributed by atoms with E-state index in [-0.39, 0.29) is 25.7 Å². The van der Waals surface area contributed by atoms with Gasteiger partial charge in [0.2, 0.25) is 0 Å². The summed E-state index contributed by atoms with van der Waals surface area (Å²) in [5.41, 5.74) is 0. The molecule has 0 aromatic heterocycles. The third-order valence-electron chi connectivity index (χ3n) is 16.8. The van der Waals surface area contributed by atoms with E-state index in [0.717, 1.165) is 95.8 Å². The predicted molar refractivity (Wildman–Crippen MR) is 368 cm³/mol. The molecule has 0 spiro atoms. The molecular weight excluding hydrogens is 1200 g/mol. The van der Waals surface area contributed by atoms with E-state index in [2.05, 4.69) is 34.6 Å². The fraction of sp³-hybridized carbons (Fsp3) is 0.944. The normalized spacial score (nSPS) is 14.0. The minimum Gasteiger partial charge on any atom is -0.462 e. The van der Waals surface area contributed by atoms with Gasteiger partial charge in [-0.05, 0) is 31.6 Å². The average Bonchev–Trinajstić information content (AvgIpc) is 3.71. The van der Waals surface area contributed by atoms with Crippen molar-refractivity contribution in [3.05, 3.63) is 0 Å². The van der Waals surface area contributed by atoms with Gasteiger partial charge in [0.15, 0.2) is 12.2 Å². The van der Waals surface area contributed by atoms with Gasteiger partial charge in [-0.2, -0.15) is 0 Å². The topological polar surface area (TPSA) is 237 Å². The van der Waals surface area contributed by atoms with Gasteiger partial charge < -0.3 is 33.8 Å². The number of esters is 4. The number of carbonyl (C=O) groups excluding carboxylic acids is 4. The number of aliphatic hydroxyl groups excluding tert-OH is 1. The summed E-state index contributed by atoms with van der Waals surface area (Å²) in [6.07, 6.45) is 52.5. The Kier molecular flexibility index (Phi) is 64.0. The van der Waals surface area contributed by atoms with Crippen LogP contribution in [-0.2, 0) is 65.4 Å². The minimum atomic E-state index is -4.95. The van der Waals surface area contributed by atoms with Gasteiger partial charge in [-0.15, -0.1) is 0 Å². The number of aliphatic hydroxyl groups is 1. The zero-order valence-electron chi connectivity index (χ0n) is 59.0. The molecule has 3 N–H and O–H groups in total. The maximum atomic E-state index is 13.0. The fourth-order valence-corrected chi connectivity index (χ4v) is 12.6. The highest BCUT2D eigenvalue weighted by molar-refractivity contribution is 7.47. The smallest absolute Gasteiger partial charge is 0.462 e. The molecule has 540 valence electrons. The standard InChI is InChI=1S/C72H140O17P2/c1-6-9-12-15-18-21-24-32-36-41-46-51-56-70(75)83-62-68(89-72(77)58-53-48-43-38-33-28-26-25-27-31-34-39-44-49-54-65(4)5)64-87-91(80,81)85-60-66(73)59-84-90(78,79)86-63-67(88-71(76)57-52-47-42-37-30-23-20-17-14-11-8-3)61-82-69(74)55-50-45-40-35-29-22-19-16-13-10-7-2/h65-68,73H,6-64H2,1-5H3,(H,78,79)(H,80,81)/t66-,67+,68+/m0/s1. The Morgan fingerprint density at radius 1 is 0.297 bits per heavy atom. The summed E-state index contributed by atoms with van der Waals surface area (Å²) < 4.78 is 68.4. The zero-order valence-corrected chi connectivity index (χ0v) is 60.8. The SMILES string of the molecule is CCCCCCCCCCCCCCC(=O)OC[C@H](COP(=O)(O)OC[C@@H](O)COP(=O)(O)OC[C@@H](COC(=O)CCCCCCCCCCCCC)OC(=O)CCCCCCCCCCCCC)OC(=O)CCCCCCCCCCCCCCCCC(C)C. The van der Waals surface area contributed by atoms with E-state index in [9.17, 15) is 43.2 Å². The highest BCUT2D eigenvalue weighted by Gasteiger charge is 2.30. The van der Waals surface area contributed by atoms with Crippen LogP contribution in [0.15, 0.2) is 0 Å². The second kappa shape index (κ2) is 65.4. The predicted octanol–water partition coefficient (Wildman–Crippen LogP) is 20.9. The van der Waals surface area contributed by atoms with Crippen LogP contribution in [0.4, 0.5) is 0 Å². The molecule has 0 aromatic carbocycles. The Bertz CT molecular complexity index is 1750. The molecule has 0 saturated heterocycles. The van der Waals surface area contributed by atoms with E-state index >= 15 is 0 Å². The lowest BCUT2D eigenvalue weighted by Gasteiger charge is -2.21. The third-order valence-corrected chi connectivity index (χ3v) is 18.7. The van der Waals surface area contributed by atoms with Crippen LogP contribution in [0.3, 0.4) is 0 Å². The zero-order chi connectivity index (χ0) is 67.0. The third kappa shape index (κ3) is 66.5. The summed E-state index contributed by atoms with van der Waals surface area (Å²) in [5, 5.41) is 10.6. The van der Waals surface area contributed by atoms with Crippen LogP contribution in [0.2, 0.25) is 0 Å². The molecule has 0 radical (unpaired) electrons. The number of unbranched alkanes of at least 4 members (excludes halogenated alkanes) is 44. The number of phosphoric ester groups is 2. The van der Waals surface area contributed by atoms with Gasteiger partial charge in [0.25, 0.3) is 0 Å². The van der Waals surface area contributed by atoms with Gasteiger partial charge >= 0.3 is 39.5 Å². The lowest BCUT2D eigenvalue weighted by molar-refractivity contribution is -0.161. The number of carbonyl (C=O) groups is 4. The Labute approximate surface area is 556 Å². The summed E-state index contributed by atoms with van der Waals surface area (Å²) in [6, 6.07) is 0. The summed E-state index contributed by atoms with van der Waals surface area (Å²) in [6.45, 7) is 7.28. The molecule has 2 unspecified atom stereocenters. The summed E-state index contributed by atoms with van der Waals surface area (Å²) in [4.78, 5) is 72.6. The van der Waals surface area contributed by atoms with Gasteiger partial charge in [0.05, 0.1) is 26.4 Å². The first-order valence-corrected chi connectivity index (χ1v) is 40.6. The van der Waals surface area contributed by atoms with E-state index in [4.69, 9.17) is 37.0 Å². The van der Waals surface area contributed by atoms with E-state index < -0.39 is 97.5 Å². The van der Waals surface area contributed by atoms with Crippen molar-refractivity contribution in [1.29, 1.82) is 0 Å². The molecular formula is C72H140O17P2. The lowest BCUT2D eigenvalue weighted by atomic mass is 10.0. The molecule has 0 rings (SSSR count). The molecule has 0 amide bonds. The molecule has 19 heteroatoms. The second-order valence-corrected chi connectivity index (χ2v) is 29.4. The largest absolute Gasteiger partial charge is 0.472 e. The van der Waals surface area contributed by atoms with Crippen molar-refractivity contribution in [2.75, 3.05) is 39.6 Å². The molecule has 0 bridgehead atoms. The van der Waals surface area contributed by atoms with Crippen molar-refractivity contribution >= 4 is 39.5 Å². The molecule has 0 heterocycles. The van der Waals surface area contributed by atoms with Crippen molar-refractivity contribution < 1.29 is 80.2 Å². The monoisotopic (exact) mass is 1340 g/mol. The molecule has 5 atom stereocenters. The van der Waals surface area contributed by atoms with Gasteiger partial charge in [-0.3, -0.25) is 37.3 Å². The Balaban J connectivity index is 5.23. The maximum absolute atomic E-state index is 13.0. The van der Waals surface area contributed by atoms with Crippen LogP contribution in [0, 0.1) is 5.92 Å². The van der Waals surface area contributed by atoms with Crippen LogP contribution in [0.5, 0.6) is 0 Å². The fourth-order valence-electron chi connectivity index (χ4n) is 11.0. The van der Waals surface area contributed by atoms with Crippen LogP contribution < -0.4 is 0 Å². The van der Waals surface area contributed by atoms with Crippen LogP contribution in [0.1, 0.15) is 375 Å². The van der Waals surface area contributed by atoms with Crippen LogP contribution in [0.25, 0.3) is 0 Å². The van der Waals surface area contributed by atoms with E-state index in [1.54, 1.807) is 0 Å². The molecule has 0 aliphatic carbocycles. The Morgan fingerprint density at radius 2 is 0.505 bits per heavy atom. The molecule has 91 heavy (non-hydrogen) atoms. The highest BCUT2D eigenvalue weighted by atomic mass is 31.2. The highest BCUT2D eigenvalue weighted by Crippen LogP contribution is 2.45. The molecule has 0 aliphatic heterocycles. The quantitative estimate of drug-likeness (QED) is 0.0222. The van der Waals surface area contributed by atoms with Crippen molar-refractivity contribution in [1.82, 2.24) is 0 Å². The van der Waals surface area contributed by atoms with Crippen LogP contribution >= 0.6 is 15.6 Å². The van der Waals surface area contributed by atoms with Crippen molar-refractivity contribution in [3.63, 3.8) is 0 Å².